The van der Waals surface area contributed by atoms with Crippen LogP contribution in [0.3, 0.4) is 0 Å². The lowest BCUT2D eigenvalue weighted by Crippen LogP contribution is -2.44. The van der Waals surface area contributed by atoms with Gasteiger partial charge in [0.2, 0.25) is 5.01 Å². The third-order valence-electron chi connectivity index (χ3n) is 5.36. The summed E-state index contributed by atoms with van der Waals surface area (Å²) in [7, 11) is 0. The Balaban J connectivity index is 1.33. The predicted octanol–water partition coefficient (Wildman–Crippen LogP) is 4.33. The van der Waals surface area contributed by atoms with Crippen molar-refractivity contribution in [1.29, 1.82) is 0 Å². The Labute approximate surface area is 189 Å². The van der Waals surface area contributed by atoms with Crippen LogP contribution in [0.25, 0.3) is 0 Å². The highest BCUT2D eigenvalue weighted by atomic mass is 32.1. The van der Waals surface area contributed by atoms with E-state index in [0.717, 1.165) is 23.4 Å². The fraction of sp³-hybridized carbons (Fsp3) is 0.304. The highest BCUT2D eigenvalue weighted by molar-refractivity contribution is 7.13. The summed E-state index contributed by atoms with van der Waals surface area (Å²) in [5, 5.41) is 14.9. The molecule has 2 N–H and O–H groups in total. The molecule has 0 bridgehead atoms. The molecule has 0 spiro atoms. The summed E-state index contributed by atoms with van der Waals surface area (Å²) >= 11 is 1.23. The summed E-state index contributed by atoms with van der Waals surface area (Å²) in [4.78, 5) is 26.9. The van der Waals surface area contributed by atoms with Gasteiger partial charge in [0.15, 0.2) is 0 Å². The zero-order chi connectivity index (χ0) is 22.5. The molecule has 1 fully saturated rings. The van der Waals surface area contributed by atoms with Gasteiger partial charge < -0.3 is 15.5 Å². The van der Waals surface area contributed by atoms with Crippen LogP contribution in [0.5, 0.6) is 0 Å². The second-order valence-corrected chi connectivity index (χ2v) is 8.85. The van der Waals surface area contributed by atoms with Crippen LogP contribution in [0.1, 0.15) is 44.7 Å². The molecular formula is C23H24FN5O2S. The zero-order valence-electron chi connectivity index (χ0n) is 17.7. The van der Waals surface area contributed by atoms with Gasteiger partial charge >= 0.3 is 6.03 Å². The van der Waals surface area contributed by atoms with E-state index in [0.29, 0.717) is 25.3 Å². The van der Waals surface area contributed by atoms with E-state index in [1.165, 1.54) is 41.2 Å². The third kappa shape index (κ3) is 5.47. The number of aromatic nitrogens is 2. The van der Waals surface area contributed by atoms with E-state index in [1.807, 2.05) is 31.2 Å². The zero-order valence-corrected chi connectivity index (χ0v) is 18.5. The molecular weight excluding hydrogens is 429 g/mol. The smallest absolute Gasteiger partial charge is 0.317 e. The van der Waals surface area contributed by atoms with E-state index < -0.39 is 0 Å². The predicted molar refractivity (Wildman–Crippen MR) is 121 cm³/mol. The van der Waals surface area contributed by atoms with E-state index in [-0.39, 0.29) is 28.7 Å². The van der Waals surface area contributed by atoms with Crippen LogP contribution in [-0.4, -0.2) is 40.1 Å². The van der Waals surface area contributed by atoms with Gasteiger partial charge in [-0.3, -0.25) is 4.79 Å². The van der Waals surface area contributed by atoms with E-state index in [1.54, 1.807) is 4.90 Å². The van der Waals surface area contributed by atoms with E-state index in [4.69, 9.17) is 0 Å². The van der Waals surface area contributed by atoms with Gasteiger partial charge in [0.05, 0.1) is 0 Å². The number of rotatable bonds is 5. The van der Waals surface area contributed by atoms with Gasteiger partial charge in [-0.15, -0.1) is 10.2 Å². The van der Waals surface area contributed by atoms with Crippen LogP contribution < -0.4 is 10.6 Å². The molecule has 1 unspecified atom stereocenters. The Morgan fingerprint density at radius 1 is 1.12 bits per heavy atom. The molecule has 1 aliphatic heterocycles. The van der Waals surface area contributed by atoms with Gasteiger partial charge in [-0.2, -0.15) is 0 Å². The molecule has 1 aromatic heterocycles. The largest absolute Gasteiger partial charge is 0.334 e. The number of anilines is 1. The van der Waals surface area contributed by atoms with Crippen molar-refractivity contribution in [2.75, 3.05) is 18.4 Å². The number of benzene rings is 2. The van der Waals surface area contributed by atoms with Gasteiger partial charge in [0.25, 0.3) is 5.91 Å². The SMILES string of the molecule is Cc1ccc(CNC(=O)N2CCCC(c3nnc(C(=O)Nc4ccc(F)cc4)s3)C2)cc1. The van der Waals surface area contributed by atoms with Crippen LogP contribution in [-0.2, 0) is 6.54 Å². The van der Waals surface area contributed by atoms with Crippen molar-refractivity contribution in [3.05, 3.63) is 75.5 Å². The lowest BCUT2D eigenvalue weighted by atomic mass is 9.99. The van der Waals surface area contributed by atoms with E-state index in [2.05, 4.69) is 20.8 Å². The molecule has 1 aliphatic rings. The normalized spacial score (nSPS) is 15.9. The number of nitrogens with zero attached hydrogens (tertiary/aromatic N) is 3. The van der Waals surface area contributed by atoms with Gasteiger partial charge in [-0.25, -0.2) is 9.18 Å². The summed E-state index contributed by atoms with van der Waals surface area (Å²) < 4.78 is 13.0. The molecule has 4 rings (SSSR count). The fourth-order valence-corrected chi connectivity index (χ4v) is 4.43. The second kappa shape index (κ2) is 9.86. The van der Waals surface area contributed by atoms with Gasteiger partial charge in [0.1, 0.15) is 10.8 Å². The van der Waals surface area contributed by atoms with Crippen molar-refractivity contribution < 1.29 is 14.0 Å². The topological polar surface area (TPSA) is 87.2 Å². The first-order valence-corrected chi connectivity index (χ1v) is 11.3. The number of carbonyl (C=O) groups excluding carboxylic acids is 2. The number of halogens is 1. The minimum absolute atomic E-state index is 0.0405. The molecule has 1 atom stereocenters. The number of nitrogens with one attached hydrogen (secondary N) is 2. The molecule has 0 aliphatic carbocycles. The van der Waals surface area contributed by atoms with Crippen LogP contribution in [0.2, 0.25) is 0 Å². The second-order valence-electron chi connectivity index (χ2n) is 7.84. The Bertz CT molecular complexity index is 1080. The van der Waals surface area contributed by atoms with Crippen LogP contribution in [0.4, 0.5) is 14.9 Å². The molecule has 32 heavy (non-hydrogen) atoms. The lowest BCUT2D eigenvalue weighted by Gasteiger charge is -2.31. The number of aryl methyl sites for hydroxylation is 1. The molecule has 0 saturated carbocycles. The maximum absolute atomic E-state index is 13.0. The third-order valence-corrected chi connectivity index (χ3v) is 6.44. The van der Waals surface area contributed by atoms with Crippen molar-refractivity contribution >= 4 is 29.0 Å². The Hall–Kier alpha value is -3.33. The standard InChI is InChI=1S/C23H24FN5O2S/c1-15-4-6-16(7-5-15)13-25-23(31)29-12-2-3-17(14-29)21-27-28-22(32-21)20(30)26-19-10-8-18(24)9-11-19/h4-11,17H,2-3,12-14H2,1H3,(H,25,31)(H,26,30). The molecule has 9 heteroatoms. The summed E-state index contributed by atoms with van der Waals surface area (Å²) in [5.41, 5.74) is 2.72. The van der Waals surface area contributed by atoms with E-state index >= 15 is 0 Å². The number of likely N-dealkylation sites (tertiary alicyclic amines) is 1. The number of hydrogen-bond donors (Lipinski definition) is 2. The first-order chi connectivity index (χ1) is 15.5. The average Bonchev–Trinajstić information content (AvgIpc) is 3.31. The molecule has 3 aromatic rings. The van der Waals surface area contributed by atoms with Gasteiger partial charge in [0, 0.05) is 31.2 Å². The Morgan fingerprint density at radius 3 is 2.62 bits per heavy atom. The quantitative estimate of drug-likeness (QED) is 0.602. The van der Waals surface area contributed by atoms with Gasteiger partial charge in [-0.05, 0) is 49.6 Å². The number of amides is 3. The van der Waals surface area contributed by atoms with Crippen LogP contribution in [0, 0.1) is 12.7 Å². The van der Waals surface area contributed by atoms with Crippen LogP contribution in [0.15, 0.2) is 48.5 Å². The van der Waals surface area contributed by atoms with Crippen LogP contribution >= 0.6 is 11.3 Å². The molecule has 1 saturated heterocycles. The number of hydrogen-bond acceptors (Lipinski definition) is 5. The number of piperidine rings is 1. The van der Waals surface area contributed by atoms with E-state index in [9.17, 15) is 14.0 Å². The monoisotopic (exact) mass is 453 g/mol. The minimum atomic E-state index is -0.385. The Morgan fingerprint density at radius 2 is 1.88 bits per heavy atom. The van der Waals surface area contributed by atoms with Crippen molar-refractivity contribution in [3.63, 3.8) is 0 Å². The minimum Gasteiger partial charge on any atom is -0.334 e. The Kier molecular flexibility index (Phi) is 6.75. The molecule has 3 amide bonds. The molecule has 0 radical (unpaired) electrons. The van der Waals surface area contributed by atoms with Crippen molar-refractivity contribution in [3.8, 4) is 0 Å². The van der Waals surface area contributed by atoms with Crippen molar-refractivity contribution in [2.24, 2.45) is 0 Å². The highest BCUT2D eigenvalue weighted by Crippen LogP contribution is 2.29. The summed E-state index contributed by atoms with van der Waals surface area (Å²) in [6.45, 7) is 3.73. The first kappa shape index (κ1) is 21.9. The molecule has 166 valence electrons. The number of urea groups is 1. The molecule has 7 nitrogen and oxygen atoms in total. The first-order valence-electron chi connectivity index (χ1n) is 10.5. The number of carbonyl (C=O) groups is 2. The molecule has 2 heterocycles. The maximum Gasteiger partial charge on any atom is 0.317 e. The van der Waals surface area contributed by atoms with Crippen molar-refractivity contribution in [2.45, 2.75) is 32.2 Å². The molecule has 2 aromatic carbocycles. The lowest BCUT2D eigenvalue weighted by molar-refractivity contribution is 0.102. The summed E-state index contributed by atoms with van der Waals surface area (Å²) in [6, 6.07) is 13.5. The highest BCUT2D eigenvalue weighted by Gasteiger charge is 2.28. The maximum atomic E-state index is 13.0. The van der Waals surface area contributed by atoms with Crippen molar-refractivity contribution in [1.82, 2.24) is 20.4 Å². The summed E-state index contributed by atoms with van der Waals surface area (Å²) in [6.07, 6.45) is 1.75. The summed E-state index contributed by atoms with van der Waals surface area (Å²) in [5.74, 6) is -0.714. The fourth-order valence-electron chi connectivity index (χ4n) is 3.57. The van der Waals surface area contributed by atoms with Gasteiger partial charge in [-0.1, -0.05) is 41.2 Å². The average molecular weight is 454 g/mol.